The number of rotatable bonds is 3. The van der Waals surface area contributed by atoms with E-state index in [0.29, 0.717) is 36.1 Å². The number of benzene rings is 1. The molecule has 4 heterocycles. The van der Waals surface area contributed by atoms with Crippen molar-refractivity contribution in [3.8, 4) is 5.69 Å². The van der Waals surface area contributed by atoms with Crippen LogP contribution in [0.5, 0.6) is 0 Å². The lowest BCUT2D eigenvalue weighted by Crippen LogP contribution is -2.48. The van der Waals surface area contributed by atoms with Crippen molar-refractivity contribution >= 4 is 44.7 Å². The molecule has 1 aliphatic heterocycles. The summed E-state index contributed by atoms with van der Waals surface area (Å²) < 4.78 is 15.3. The van der Waals surface area contributed by atoms with Crippen LogP contribution in [0.2, 0.25) is 5.02 Å². The van der Waals surface area contributed by atoms with Gasteiger partial charge in [-0.3, -0.25) is 4.79 Å². The van der Waals surface area contributed by atoms with Crippen molar-refractivity contribution < 1.29 is 9.18 Å². The van der Waals surface area contributed by atoms with Gasteiger partial charge in [-0.1, -0.05) is 17.7 Å². The van der Waals surface area contributed by atoms with E-state index in [0.717, 1.165) is 27.3 Å². The molecule has 0 N–H and O–H groups in total. The number of anilines is 1. The van der Waals surface area contributed by atoms with Crippen molar-refractivity contribution in [3.63, 3.8) is 0 Å². The third-order valence-electron chi connectivity index (χ3n) is 5.45. The van der Waals surface area contributed by atoms with E-state index < -0.39 is 5.95 Å². The molecule has 1 aliphatic rings. The van der Waals surface area contributed by atoms with Gasteiger partial charge in [-0.15, -0.1) is 11.3 Å². The van der Waals surface area contributed by atoms with Crippen molar-refractivity contribution in [3.05, 3.63) is 70.2 Å². The summed E-state index contributed by atoms with van der Waals surface area (Å²) in [7, 11) is 0. The smallest absolute Gasteiger partial charge is 0.264 e. The van der Waals surface area contributed by atoms with E-state index in [2.05, 4.69) is 15.0 Å². The molecule has 0 aliphatic carbocycles. The van der Waals surface area contributed by atoms with Gasteiger partial charge in [0.1, 0.15) is 4.83 Å². The second kappa shape index (κ2) is 7.94. The molecule has 1 aromatic carbocycles. The summed E-state index contributed by atoms with van der Waals surface area (Å²) in [6.45, 7) is 4.40. The minimum Gasteiger partial charge on any atom is -0.368 e. The highest BCUT2D eigenvalue weighted by Crippen LogP contribution is 2.32. The van der Waals surface area contributed by atoms with Gasteiger partial charge in [0.2, 0.25) is 5.95 Å². The molecule has 0 saturated carbocycles. The molecule has 0 radical (unpaired) electrons. The topological polar surface area (TPSA) is 54.3 Å². The van der Waals surface area contributed by atoms with Crippen LogP contribution in [0.25, 0.3) is 15.9 Å². The highest BCUT2D eigenvalue weighted by Gasteiger charge is 2.25. The number of piperazine rings is 1. The SMILES string of the molecule is Cc1nn(-c2cccc(Cl)c2)c2sc(C(=O)N3CCN(c4ccnc(F)c4)CC3)cc12. The number of amides is 1. The molecule has 158 valence electrons. The maximum absolute atomic E-state index is 13.4. The molecular weight excluding hydrogens is 437 g/mol. The Labute approximate surface area is 187 Å². The number of aryl methyl sites for hydroxylation is 1. The van der Waals surface area contributed by atoms with Crippen LogP contribution in [0, 0.1) is 12.9 Å². The number of nitrogens with zero attached hydrogens (tertiary/aromatic N) is 5. The van der Waals surface area contributed by atoms with E-state index in [9.17, 15) is 9.18 Å². The highest BCUT2D eigenvalue weighted by molar-refractivity contribution is 7.20. The minimum atomic E-state index is -0.495. The number of hydrogen-bond donors (Lipinski definition) is 0. The normalized spacial score (nSPS) is 14.4. The van der Waals surface area contributed by atoms with Gasteiger partial charge in [0.05, 0.1) is 16.3 Å². The Morgan fingerprint density at radius 3 is 2.65 bits per heavy atom. The second-order valence-electron chi connectivity index (χ2n) is 7.42. The van der Waals surface area contributed by atoms with Gasteiger partial charge in [-0.25, -0.2) is 9.67 Å². The first-order chi connectivity index (χ1) is 15.0. The maximum atomic E-state index is 13.4. The molecule has 0 atom stereocenters. The Morgan fingerprint density at radius 2 is 1.90 bits per heavy atom. The lowest BCUT2D eigenvalue weighted by atomic mass is 10.2. The zero-order chi connectivity index (χ0) is 21.5. The predicted molar refractivity (Wildman–Crippen MR) is 121 cm³/mol. The molecule has 1 saturated heterocycles. The number of aromatic nitrogens is 3. The lowest BCUT2D eigenvalue weighted by Gasteiger charge is -2.35. The summed E-state index contributed by atoms with van der Waals surface area (Å²) in [5, 5.41) is 6.23. The molecule has 6 nitrogen and oxygen atoms in total. The van der Waals surface area contributed by atoms with E-state index >= 15 is 0 Å². The molecule has 1 fully saturated rings. The highest BCUT2D eigenvalue weighted by atomic mass is 35.5. The number of carbonyl (C=O) groups is 1. The third kappa shape index (κ3) is 3.77. The Morgan fingerprint density at radius 1 is 1.10 bits per heavy atom. The third-order valence-corrected chi connectivity index (χ3v) is 6.78. The number of thiophene rings is 1. The van der Waals surface area contributed by atoms with Crippen molar-refractivity contribution in [2.75, 3.05) is 31.1 Å². The molecule has 4 aromatic rings. The monoisotopic (exact) mass is 455 g/mol. The summed E-state index contributed by atoms with van der Waals surface area (Å²) in [5.41, 5.74) is 2.53. The molecule has 5 rings (SSSR count). The largest absolute Gasteiger partial charge is 0.368 e. The molecule has 0 spiro atoms. The quantitative estimate of drug-likeness (QED) is 0.425. The standard InChI is InChI=1S/C22H19ClFN5OS/c1-14-18-13-19(31-22(18)29(26-14)17-4-2-3-15(23)11-17)21(30)28-9-7-27(8-10-28)16-5-6-25-20(24)12-16/h2-6,11-13H,7-10H2,1H3. The van der Waals surface area contributed by atoms with Crippen molar-refractivity contribution in [1.29, 1.82) is 0 Å². The minimum absolute atomic E-state index is 0.0128. The maximum Gasteiger partial charge on any atom is 0.264 e. The molecule has 0 unspecified atom stereocenters. The summed E-state index contributed by atoms with van der Waals surface area (Å²) in [6, 6.07) is 12.6. The van der Waals surface area contributed by atoms with Crippen LogP contribution < -0.4 is 4.90 Å². The van der Waals surface area contributed by atoms with Crippen LogP contribution in [0.3, 0.4) is 0 Å². The van der Waals surface area contributed by atoms with Crippen molar-refractivity contribution in [2.45, 2.75) is 6.92 Å². The number of hydrogen-bond acceptors (Lipinski definition) is 5. The van der Waals surface area contributed by atoms with Gasteiger partial charge in [0, 0.05) is 54.5 Å². The number of pyridine rings is 1. The summed E-state index contributed by atoms with van der Waals surface area (Å²) in [6.07, 6.45) is 1.46. The van der Waals surface area contributed by atoms with Crippen LogP contribution in [-0.2, 0) is 0 Å². The zero-order valence-electron chi connectivity index (χ0n) is 16.8. The van der Waals surface area contributed by atoms with Crippen molar-refractivity contribution in [1.82, 2.24) is 19.7 Å². The first-order valence-electron chi connectivity index (χ1n) is 9.90. The van der Waals surface area contributed by atoms with E-state index in [4.69, 9.17) is 11.6 Å². The van der Waals surface area contributed by atoms with Crippen molar-refractivity contribution in [2.24, 2.45) is 0 Å². The molecule has 1 amide bonds. The van der Waals surface area contributed by atoms with Gasteiger partial charge in [0.15, 0.2) is 0 Å². The Kier molecular flexibility index (Phi) is 5.11. The average Bonchev–Trinajstić information content (AvgIpc) is 3.34. The van der Waals surface area contributed by atoms with E-state index in [1.165, 1.54) is 23.6 Å². The fourth-order valence-electron chi connectivity index (χ4n) is 3.85. The second-order valence-corrected chi connectivity index (χ2v) is 8.89. The summed E-state index contributed by atoms with van der Waals surface area (Å²) in [5.74, 6) is -0.482. The van der Waals surface area contributed by atoms with Crippen LogP contribution in [0.4, 0.5) is 10.1 Å². The lowest BCUT2D eigenvalue weighted by molar-refractivity contribution is 0.0751. The van der Waals surface area contributed by atoms with E-state index in [-0.39, 0.29) is 5.91 Å². The van der Waals surface area contributed by atoms with Crippen LogP contribution in [0.15, 0.2) is 48.7 Å². The Bertz CT molecular complexity index is 1280. The van der Waals surface area contributed by atoms with Crippen LogP contribution >= 0.6 is 22.9 Å². The molecule has 31 heavy (non-hydrogen) atoms. The van der Waals surface area contributed by atoms with Crippen LogP contribution in [0.1, 0.15) is 15.4 Å². The number of carbonyl (C=O) groups excluding carboxylic acids is 1. The summed E-state index contributed by atoms with van der Waals surface area (Å²) >= 11 is 7.59. The first kappa shape index (κ1) is 20.0. The number of fused-ring (bicyclic) bond motifs is 1. The fourth-order valence-corrected chi connectivity index (χ4v) is 5.18. The predicted octanol–water partition coefficient (Wildman–Crippen LogP) is 4.55. The van der Waals surface area contributed by atoms with Crippen LogP contribution in [-0.4, -0.2) is 51.8 Å². The first-order valence-corrected chi connectivity index (χ1v) is 11.1. The van der Waals surface area contributed by atoms with Gasteiger partial charge >= 0.3 is 0 Å². The molecule has 3 aromatic heterocycles. The van der Waals surface area contributed by atoms with E-state index in [1.54, 1.807) is 6.07 Å². The molecule has 0 bridgehead atoms. The van der Waals surface area contributed by atoms with Gasteiger partial charge in [-0.2, -0.15) is 9.49 Å². The summed E-state index contributed by atoms with van der Waals surface area (Å²) in [4.78, 5) is 22.3. The van der Waals surface area contributed by atoms with Gasteiger partial charge in [0.25, 0.3) is 5.91 Å². The Hall–Kier alpha value is -2.97. The van der Waals surface area contributed by atoms with E-state index in [1.807, 2.05) is 46.8 Å². The van der Waals surface area contributed by atoms with Gasteiger partial charge in [-0.05, 0) is 37.3 Å². The number of halogens is 2. The zero-order valence-corrected chi connectivity index (χ0v) is 18.3. The molecule has 9 heteroatoms. The molecular formula is C22H19ClFN5OS. The fraction of sp³-hybridized carbons (Fsp3) is 0.227. The van der Waals surface area contributed by atoms with Gasteiger partial charge < -0.3 is 9.80 Å². The Balaban J connectivity index is 1.37. The average molecular weight is 456 g/mol.